The Labute approximate surface area is 159 Å². The summed E-state index contributed by atoms with van der Waals surface area (Å²) in [6.45, 7) is 0.797. The number of rotatable bonds is 2. The molecule has 134 valence electrons. The number of benzene rings is 2. The Hall–Kier alpha value is -2.11. The van der Waals surface area contributed by atoms with Crippen LogP contribution in [0.2, 0.25) is 10.0 Å². The molecule has 3 aromatic rings. The first-order valence-electron chi connectivity index (χ1n) is 8.31. The van der Waals surface area contributed by atoms with Gasteiger partial charge in [0.1, 0.15) is 23.1 Å². The minimum absolute atomic E-state index is 0.283. The molecule has 0 saturated heterocycles. The van der Waals surface area contributed by atoms with Crippen LogP contribution in [-0.2, 0) is 6.42 Å². The van der Waals surface area contributed by atoms with Crippen molar-refractivity contribution in [3.8, 4) is 16.9 Å². The molecule has 4 rings (SSSR count). The van der Waals surface area contributed by atoms with Crippen LogP contribution in [0.4, 0.5) is 14.6 Å². The first-order chi connectivity index (χ1) is 12.5. The molecule has 2 aromatic carbocycles. The summed E-state index contributed by atoms with van der Waals surface area (Å²) in [6.07, 6.45) is 2.72. The highest BCUT2D eigenvalue weighted by Gasteiger charge is 2.23. The lowest BCUT2D eigenvalue weighted by Crippen LogP contribution is -2.07. The fourth-order valence-corrected chi connectivity index (χ4v) is 3.50. The second-order valence-electron chi connectivity index (χ2n) is 6.19. The quantitative estimate of drug-likeness (QED) is 0.589. The summed E-state index contributed by atoms with van der Waals surface area (Å²) < 4.78 is 29.4. The van der Waals surface area contributed by atoms with Gasteiger partial charge < -0.3 is 5.32 Å². The first-order valence-corrected chi connectivity index (χ1v) is 9.07. The average Bonchev–Trinajstić information content (AvgIpc) is 2.79. The number of nitrogens with one attached hydrogen (secondary N) is 1. The zero-order chi connectivity index (χ0) is 18.3. The summed E-state index contributed by atoms with van der Waals surface area (Å²) in [5, 5.41) is 8.86. The van der Waals surface area contributed by atoms with E-state index in [0.29, 0.717) is 15.7 Å². The van der Waals surface area contributed by atoms with Crippen molar-refractivity contribution in [2.75, 3.05) is 11.9 Å². The molecule has 0 bridgehead atoms. The summed E-state index contributed by atoms with van der Waals surface area (Å²) in [4.78, 5) is 0. The molecule has 1 aliphatic heterocycles. The zero-order valence-corrected chi connectivity index (χ0v) is 15.2. The van der Waals surface area contributed by atoms with Crippen LogP contribution in [0.15, 0.2) is 36.4 Å². The third-order valence-corrected chi connectivity index (χ3v) is 5.20. The van der Waals surface area contributed by atoms with E-state index < -0.39 is 11.6 Å². The Kier molecular flexibility index (Phi) is 4.59. The van der Waals surface area contributed by atoms with Crippen LogP contribution in [0, 0.1) is 11.6 Å². The normalized spacial score (nSPS) is 13.8. The van der Waals surface area contributed by atoms with Crippen molar-refractivity contribution in [3.63, 3.8) is 0 Å². The van der Waals surface area contributed by atoms with Gasteiger partial charge in [-0.15, -0.1) is 0 Å². The van der Waals surface area contributed by atoms with Crippen LogP contribution in [0.3, 0.4) is 0 Å². The van der Waals surface area contributed by atoms with Crippen molar-refractivity contribution in [3.05, 3.63) is 63.6 Å². The van der Waals surface area contributed by atoms with Gasteiger partial charge in [-0.05, 0) is 49.6 Å². The van der Waals surface area contributed by atoms with E-state index in [4.69, 9.17) is 23.2 Å². The topological polar surface area (TPSA) is 29.9 Å². The summed E-state index contributed by atoms with van der Waals surface area (Å²) in [5.41, 5.74) is 2.43. The van der Waals surface area contributed by atoms with Crippen LogP contribution in [0.1, 0.15) is 18.4 Å². The Balaban J connectivity index is 1.93. The van der Waals surface area contributed by atoms with Crippen molar-refractivity contribution in [1.82, 2.24) is 9.78 Å². The molecule has 2 heterocycles. The molecule has 0 amide bonds. The van der Waals surface area contributed by atoms with E-state index in [2.05, 4.69) is 10.4 Å². The summed E-state index contributed by atoms with van der Waals surface area (Å²) in [7, 11) is 0. The van der Waals surface area contributed by atoms with Crippen molar-refractivity contribution < 1.29 is 8.78 Å². The molecule has 1 N–H and O–H groups in total. The molecule has 0 fully saturated rings. The van der Waals surface area contributed by atoms with E-state index >= 15 is 0 Å². The minimum Gasteiger partial charge on any atom is -0.370 e. The van der Waals surface area contributed by atoms with Gasteiger partial charge in [0, 0.05) is 23.7 Å². The summed E-state index contributed by atoms with van der Waals surface area (Å²) in [6, 6.07) is 8.77. The molecule has 7 heteroatoms. The van der Waals surface area contributed by atoms with Gasteiger partial charge in [0.15, 0.2) is 0 Å². The van der Waals surface area contributed by atoms with E-state index in [1.54, 1.807) is 22.9 Å². The van der Waals surface area contributed by atoms with Crippen molar-refractivity contribution in [2.45, 2.75) is 19.3 Å². The predicted octanol–water partition coefficient (Wildman–Crippen LogP) is 5.87. The number of fused-ring (bicyclic) bond motifs is 1. The van der Waals surface area contributed by atoms with Crippen LogP contribution in [-0.4, -0.2) is 16.3 Å². The van der Waals surface area contributed by atoms with Gasteiger partial charge in [0.2, 0.25) is 0 Å². The molecule has 1 aromatic heterocycles. The van der Waals surface area contributed by atoms with E-state index in [1.165, 1.54) is 12.1 Å². The number of hydrogen-bond donors (Lipinski definition) is 1. The second-order valence-corrected chi connectivity index (χ2v) is 7.01. The van der Waals surface area contributed by atoms with Crippen molar-refractivity contribution >= 4 is 29.0 Å². The lowest BCUT2D eigenvalue weighted by Gasteiger charge is -2.10. The van der Waals surface area contributed by atoms with Crippen LogP contribution < -0.4 is 5.32 Å². The van der Waals surface area contributed by atoms with Gasteiger partial charge in [-0.25, -0.2) is 13.5 Å². The largest absolute Gasteiger partial charge is 0.370 e. The summed E-state index contributed by atoms with van der Waals surface area (Å²) >= 11 is 12.2. The molecule has 3 nitrogen and oxygen atoms in total. The molecular weight excluding hydrogens is 379 g/mol. The number of aromatic nitrogens is 2. The summed E-state index contributed by atoms with van der Waals surface area (Å²) in [5.74, 6) is -0.435. The number of hydrogen-bond acceptors (Lipinski definition) is 2. The Morgan fingerprint density at radius 3 is 2.62 bits per heavy atom. The maximum absolute atomic E-state index is 14.4. The lowest BCUT2D eigenvalue weighted by atomic mass is 10.0. The fourth-order valence-electron chi connectivity index (χ4n) is 3.20. The van der Waals surface area contributed by atoms with E-state index in [9.17, 15) is 8.78 Å². The molecule has 0 saturated carbocycles. The van der Waals surface area contributed by atoms with Crippen LogP contribution in [0.5, 0.6) is 0 Å². The third kappa shape index (κ3) is 3.06. The number of halogens is 4. The Morgan fingerprint density at radius 1 is 1.00 bits per heavy atom. The highest BCUT2D eigenvalue weighted by atomic mass is 35.5. The van der Waals surface area contributed by atoms with Gasteiger partial charge in [-0.2, -0.15) is 5.10 Å². The molecule has 0 unspecified atom stereocenters. The smallest absolute Gasteiger partial charge is 0.135 e. The standard InChI is InChI=1S/C19H15Cl2F2N3/c20-15-7-5-12(10-16(15)21)26-19-14(3-1-2-8-24-19)18(25-26)13-6-4-11(22)9-17(13)23/h4-7,9-10,24H,1-3,8H2. The molecular formula is C19H15Cl2F2N3. The van der Waals surface area contributed by atoms with Gasteiger partial charge >= 0.3 is 0 Å². The maximum atomic E-state index is 14.4. The van der Waals surface area contributed by atoms with Gasteiger partial charge in [0.25, 0.3) is 0 Å². The maximum Gasteiger partial charge on any atom is 0.135 e. The number of nitrogens with zero attached hydrogens (tertiary/aromatic N) is 2. The highest BCUT2D eigenvalue weighted by Crippen LogP contribution is 2.36. The van der Waals surface area contributed by atoms with Gasteiger partial charge in [-0.3, -0.25) is 0 Å². The van der Waals surface area contributed by atoms with Gasteiger partial charge in [-0.1, -0.05) is 23.2 Å². The molecule has 0 aliphatic carbocycles. The first kappa shape index (κ1) is 17.3. The molecule has 26 heavy (non-hydrogen) atoms. The highest BCUT2D eigenvalue weighted by molar-refractivity contribution is 6.42. The minimum atomic E-state index is -0.629. The molecule has 0 atom stereocenters. The predicted molar refractivity (Wildman–Crippen MR) is 100 cm³/mol. The molecule has 0 radical (unpaired) electrons. The van der Waals surface area contributed by atoms with Crippen LogP contribution in [0.25, 0.3) is 16.9 Å². The lowest BCUT2D eigenvalue weighted by molar-refractivity contribution is 0.585. The van der Waals surface area contributed by atoms with Crippen molar-refractivity contribution in [2.24, 2.45) is 0 Å². The molecule has 1 aliphatic rings. The molecule has 0 spiro atoms. The van der Waals surface area contributed by atoms with E-state index in [1.807, 2.05) is 0 Å². The average molecular weight is 394 g/mol. The van der Waals surface area contributed by atoms with Gasteiger partial charge in [0.05, 0.1) is 15.7 Å². The van der Waals surface area contributed by atoms with Crippen molar-refractivity contribution in [1.29, 1.82) is 0 Å². The fraction of sp³-hybridized carbons (Fsp3) is 0.211. The SMILES string of the molecule is Fc1ccc(-c2nn(-c3ccc(Cl)c(Cl)c3)c3c2CCCCN3)c(F)c1. The Morgan fingerprint density at radius 2 is 1.85 bits per heavy atom. The monoisotopic (exact) mass is 393 g/mol. The Bertz CT molecular complexity index is 985. The number of anilines is 1. The second kappa shape index (κ2) is 6.89. The zero-order valence-electron chi connectivity index (χ0n) is 13.7. The van der Waals surface area contributed by atoms with Crippen LogP contribution >= 0.6 is 23.2 Å². The third-order valence-electron chi connectivity index (χ3n) is 4.46. The van der Waals surface area contributed by atoms with E-state index in [-0.39, 0.29) is 5.56 Å². The van der Waals surface area contributed by atoms with E-state index in [0.717, 1.165) is 48.9 Å².